The fraction of sp³-hybridized carbons (Fsp3) is 0.278. The molecule has 6 nitrogen and oxygen atoms in total. The lowest BCUT2D eigenvalue weighted by atomic mass is 10.1. The Bertz CT molecular complexity index is 840. The van der Waals surface area contributed by atoms with E-state index in [-0.39, 0.29) is 18.6 Å². The van der Waals surface area contributed by atoms with Crippen LogP contribution in [0, 0.1) is 11.3 Å². The average Bonchev–Trinajstić information content (AvgIpc) is 3.20. The third-order valence-electron chi connectivity index (χ3n) is 4.02. The Balaban J connectivity index is 1.77. The molecule has 1 amide bonds. The second kappa shape index (κ2) is 7.36. The monoisotopic (exact) mass is 356 g/mol. The molecule has 25 heavy (non-hydrogen) atoms. The minimum Gasteiger partial charge on any atom is -0.479 e. The smallest absolute Gasteiger partial charge is 0.341 e. The highest BCUT2D eigenvalue weighted by Crippen LogP contribution is 2.33. The van der Waals surface area contributed by atoms with Gasteiger partial charge in [-0.25, -0.2) is 4.79 Å². The first-order valence-corrected chi connectivity index (χ1v) is 8.64. The summed E-state index contributed by atoms with van der Waals surface area (Å²) in [5.74, 6) is -0.998. The number of thiophene rings is 1. The number of nitriles is 1. The summed E-state index contributed by atoms with van der Waals surface area (Å²) in [4.78, 5) is 25.7. The first kappa shape index (κ1) is 17.0. The Morgan fingerprint density at radius 2 is 2.16 bits per heavy atom. The molecule has 128 valence electrons. The number of carbonyl (C=O) groups excluding carboxylic acids is 1. The summed E-state index contributed by atoms with van der Waals surface area (Å²) in [6, 6.07) is 12.9. The topological polar surface area (TPSA) is 90.6 Å². The highest BCUT2D eigenvalue weighted by atomic mass is 32.1. The summed E-state index contributed by atoms with van der Waals surface area (Å²) in [5.41, 5.74) is 1.14. The molecule has 1 aromatic heterocycles. The number of aliphatic carboxylic acids is 1. The lowest BCUT2D eigenvalue weighted by molar-refractivity contribution is -0.139. The van der Waals surface area contributed by atoms with Gasteiger partial charge in [0.1, 0.15) is 6.07 Å². The van der Waals surface area contributed by atoms with Crippen molar-refractivity contribution in [2.45, 2.75) is 25.3 Å². The summed E-state index contributed by atoms with van der Waals surface area (Å²) in [6.45, 7) is -0.371. The van der Waals surface area contributed by atoms with Crippen LogP contribution in [0.3, 0.4) is 0 Å². The molecule has 0 aliphatic carbocycles. The van der Waals surface area contributed by atoms with Gasteiger partial charge in [0.15, 0.2) is 11.7 Å². The molecule has 1 aliphatic rings. The normalized spacial score (nSPS) is 16.7. The molecule has 2 heterocycles. The first-order chi connectivity index (χ1) is 12.1. The highest BCUT2D eigenvalue weighted by molar-refractivity contribution is 7.13. The lowest BCUT2D eigenvalue weighted by Gasteiger charge is -2.25. The molecule has 1 fully saturated rings. The van der Waals surface area contributed by atoms with Gasteiger partial charge in [0.2, 0.25) is 5.91 Å². The summed E-state index contributed by atoms with van der Waals surface area (Å²) in [6.07, 6.45) is 1.83. The van der Waals surface area contributed by atoms with E-state index in [0.29, 0.717) is 29.2 Å². The van der Waals surface area contributed by atoms with Crippen LogP contribution in [0.2, 0.25) is 0 Å². The van der Waals surface area contributed by atoms with E-state index in [1.165, 1.54) is 11.3 Å². The van der Waals surface area contributed by atoms with E-state index < -0.39 is 5.97 Å². The van der Waals surface area contributed by atoms with Gasteiger partial charge < -0.3 is 14.7 Å². The molecule has 1 N–H and O–H groups in total. The molecule has 0 bridgehead atoms. The zero-order chi connectivity index (χ0) is 17.8. The number of carbonyl (C=O) groups is 2. The van der Waals surface area contributed by atoms with E-state index in [2.05, 4.69) is 6.07 Å². The van der Waals surface area contributed by atoms with Crippen LogP contribution in [0.1, 0.15) is 23.3 Å². The average molecular weight is 356 g/mol. The van der Waals surface area contributed by atoms with Crippen molar-refractivity contribution in [1.82, 2.24) is 0 Å². The Labute approximate surface area is 148 Å². The second-order valence-corrected chi connectivity index (χ2v) is 6.82. The summed E-state index contributed by atoms with van der Waals surface area (Å²) >= 11 is 1.38. The van der Waals surface area contributed by atoms with Gasteiger partial charge in [-0.1, -0.05) is 12.1 Å². The van der Waals surface area contributed by atoms with Crippen molar-refractivity contribution in [2.24, 2.45) is 0 Å². The number of carboxylic acids is 1. The molecule has 0 saturated carbocycles. The van der Waals surface area contributed by atoms with Gasteiger partial charge in [0.25, 0.3) is 0 Å². The maximum atomic E-state index is 12.4. The summed E-state index contributed by atoms with van der Waals surface area (Å²) in [5, 5.41) is 18.5. The van der Waals surface area contributed by atoms with Crippen molar-refractivity contribution >= 4 is 28.9 Å². The fourth-order valence-electron chi connectivity index (χ4n) is 2.96. The molecule has 1 aromatic carbocycles. The number of ether oxygens (including phenoxy) is 1. The predicted molar refractivity (Wildman–Crippen MR) is 92.8 cm³/mol. The van der Waals surface area contributed by atoms with Crippen molar-refractivity contribution in [3.05, 3.63) is 46.8 Å². The van der Waals surface area contributed by atoms with Crippen molar-refractivity contribution < 1.29 is 19.4 Å². The molecule has 7 heteroatoms. The number of hydrogen-bond donors (Lipinski definition) is 1. The molecular formula is C18H16N2O4S. The number of amides is 1. The summed E-state index contributed by atoms with van der Waals surface area (Å²) < 4.78 is 5.18. The van der Waals surface area contributed by atoms with Crippen LogP contribution in [0.15, 0.2) is 36.4 Å². The quantitative estimate of drug-likeness (QED) is 0.859. The Hall–Kier alpha value is -2.85. The number of benzene rings is 1. The van der Waals surface area contributed by atoms with Crippen LogP contribution in [0.5, 0.6) is 5.06 Å². The molecule has 0 radical (unpaired) electrons. The van der Waals surface area contributed by atoms with Crippen molar-refractivity contribution in [3.8, 4) is 11.1 Å². The highest BCUT2D eigenvalue weighted by Gasteiger charge is 2.33. The zero-order valence-corrected chi connectivity index (χ0v) is 14.2. The zero-order valence-electron chi connectivity index (χ0n) is 13.3. The van der Waals surface area contributed by atoms with E-state index in [0.717, 1.165) is 11.3 Å². The van der Waals surface area contributed by atoms with E-state index in [9.17, 15) is 14.9 Å². The molecule has 0 spiro atoms. The van der Waals surface area contributed by atoms with Crippen molar-refractivity contribution in [3.63, 3.8) is 0 Å². The van der Waals surface area contributed by atoms with Crippen LogP contribution in [-0.4, -0.2) is 29.6 Å². The fourth-order valence-corrected chi connectivity index (χ4v) is 3.88. The van der Waals surface area contributed by atoms with Crippen LogP contribution < -0.4 is 9.64 Å². The van der Waals surface area contributed by atoms with E-state index in [1.807, 2.05) is 12.1 Å². The number of carboxylic acid groups (broad SMARTS) is 1. The molecule has 1 saturated heterocycles. The Morgan fingerprint density at radius 1 is 1.36 bits per heavy atom. The third kappa shape index (κ3) is 3.80. The van der Waals surface area contributed by atoms with Gasteiger partial charge in [-0.05, 0) is 30.7 Å². The number of nitrogens with zero attached hydrogens (tertiary/aromatic N) is 2. The number of para-hydroxylation sites is 1. The van der Waals surface area contributed by atoms with Crippen molar-refractivity contribution in [2.75, 3.05) is 11.5 Å². The van der Waals surface area contributed by atoms with E-state index >= 15 is 0 Å². The lowest BCUT2D eigenvalue weighted by Crippen LogP contribution is -2.34. The van der Waals surface area contributed by atoms with Gasteiger partial charge >= 0.3 is 5.97 Å². The largest absolute Gasteiger partial charge is 0.479 e. The van der Waals surface area contributed by atoms with Gasteiger partial charge in [-0.3, -0.25) is 4.79 Å². The van der Waals surface area contributed by atoms with Gasteiger partial charge in [-0.15, -0.1) is 11.3 Å². The second-order valence-electron chi connectivity index (χ2n) is 5.69. The third-order valence-corrected chi connectivity index (χ3v) is 5.04. The Morgan fingerprint density at radius 3 is 2.92 bits per heavy atom. The van der Waals surface area contributed by atoms with Crippen molar-refractivity contribution in [1.29, 1.82) is 5.26 Å². The molecule has 2 aromatic rings. The number of anilines is 1. The molecule has 0 unspecified atom stereocenters. The number of hydrogen-bond acceptors (Lipinski definition) is 5. The van der Waals surface area contributed by atoms with Crippen LogP contribution >= 0.6 is 11.3 Å². The molecule has 3 rings (SSSR count). The van der Waals surface area contributed by atoms with Crippen LogP contribution in [0.4, 0.5) is 5.69 Å². The first-order valence-electron chi connectivity index (χ1n) is 7.83. The maximum Gasteiger partial charge on any atom is 0.341 e. The molecule has 1 atom stereocenters. The SMILES string of the molecule is N#Cc1ccccc1N1C(=O)CC[C@H]1Cc1ccc(OCC(=O)O)s1. The predicted octanol–water partition coefficient (Wildman–Crippen LogP) is 2.82. The maximum absolute atomic E-state index is 12.4. The minimum absolute atomic E-state index is 0.0200. The van der Waals surface area contributed by atoms with Crippen LogP contribution in [0.25, 0.3) is 0 Å². The van der Waals surface area contributed by atoms with Gasteiger partial charge in [0, 0.05) is 23.8 Å². The standard InChI is InChI=1S/C18H16N2O4S/c19-10-12-3-1-2-4-15(12)20-13(5-7-16(20)21)9-14-6-8-18(25-14)24-11-17(22)23/h1-4,6,8,13H,5,7,9,11H2,(H,22,23)/t13-/m0/s1. The van der Waals surface area contributed by atoms with Gasteiger partial charge in [-0.2, -0.15) is 5.26 Å². The molecule has 1 aliphatic heterocycles. The minimum atomic E-state index is -1.02. The van der Waals surface area contributed by atoms with Gasteiger partial charge in [0.05, 0.1) is 11.3 Å². The van der Waals surface area contributed by atoms with Crippen LogP contribution in [-0.2, 0) is 16.0 Å². The molecular weight excluding hydrogens is 340 g/mol. The summed E-state index contributed by atoms with van der Waals surface area (Å²) in [7, 11) is 0. The number of rotatable bonds is 6. The Kier molecular flexibility index (Phi) is 5.00. The van der Waals surface area contributed by atoms with E-state index in [1.54, 1.807) is 29.2 Å². The van der Waals surface area contributed by atoms with E-state index in [4.69, 9.17) is 9.84 Å².